The minimum Gasteiger partial charge on any atom is -0.354 e. The molecule has 0 saturated carbocycles. The molecule has 2 rings (SSSR count). The molecule has 0 fully saturated rings. The molecule has 4 nitrogen and oxygen atoms in total. The fourth-order valence-corrected chi connectivity index (χ4v) is 2.18. The van der Waals surface area contributed by atoms with E-state index in [0.717, 1.165) is 33.6 Å². The van der Waals surface area contributed by atoms with Crippen molar-refractivity contribution in [2.24, 2.45) is 0 Å². The number of aromatic nitrogens is 2. The number of nitrogens with zero attached hydrogens (tertiary/aromatic N) is 2. The van der Waals surface area contributed by atoms with Crippen LogP contribution in [0.15, 0.2) is 28.9 Å². The Balaban J connectivity index is 2.29. The smallest absolute Gasteiger partial charge is 0.224 e. The SMILES string of the molecule is CCNc1ncc(C)c(Nc2ccc(Br)cc2C)n1. The maximum Gasteiger partial charge on any atom is 0.224 e. The molecule has 2 aromatic rings. The molecule has 2 N–H and O–H groups in total. The first-order valence-electron chi connectivity index (χ1n) is 6.21. The van der Waals surface area contributed by atoms with E-state index in [4.69, 9.17) is 0 Å². The van der Waals surface area contributed by atoms with E-state index >= 15 is 0 Å². The third-order valence-electron chi connectivity index (χ3n) is 2.75. The van der Waals surface area contributed by atoms with Gasteiger partial charge in [0.1, 0.15) is 5.82 Å². The van der Waals surface area contributed by atoms with Gasteiger partial charge in [-0.25, -0.2) is 4.98 Å². The van der Waals surface area contributed by atoms with Gasteiger partial charge in [-0.1, -0.05) is 15.9 Å². The molecule has 0 amide bonds. The molecule has 0 saturated heterocycles. The molecule has 0 bridgehead atoms. The molecule has 19 heavy (non-hydrogen) atoms. The zero-order chi connectivity index (χ0) is 13.8. The first kappa shape index (κ1) is 13.8. The summed E-state index contributed by atoms with van der Waals surface area (Å²) in [4.78, 5) is 8.71. The van der Waals surface area contributed by atoms with Gasteiger partial charge in [0.2, 0.25) is 5.95 Å². The van der Waals surface area contributed by atoms with Gasteiger partial charge in [-0.2, -0.15) is 4.98 Å². The fourth-order valence-electron chi connectivity index (χ4n) is 1.71. The van der Waals surface area contributed by atoms with E-state index in [-0.39, 0.29) is 0 Å². The van der Waals surface area contributed by atoms with Gasteiger partial charge in [-0.15, -0.1) is 0 Å². The first-order chi connectivity index (χ1) is 9.10. The van der Waals surface area contributed by atoms with Crippen LogP contribution >= 0.6 is 15.9 Å². The van der Waals surface area contributed by atoms with Crippen LogP contribution in [0.3, 0.4) is 0 Å². The highest BCUT2D eigenvalue weighted by Gasteiger charge is 2.05. The predicted molar refractivity (Wildman–Crippen MR) is 83.1 cm³/mol. The molecule has 0 atom stereocenters. The van der Waals surface area contributed by atoms with E-state index in [9.17, 15) is 0 Å². The fraction of sp³-hybridized carbons (Fsp3) is 0.286. The molecular formula is C14H17BrN4. The summed E-state index contributed by atoms with van der Waals surface area (Å²) in [6.45, 7) is 6.88. The van der Waals surface area contributed by atoms with Crippen LogP contribution in [0.1, 0.15) is 18.1 Å². The molecular weight excluding hydrogens is 304 g/mol. The first-order valence-corrected chi connectivity index (χ1v) is 7.00. The van der Waals surface area contributed by atoms with Crippen molar-refractivity contribution in [2.45, 2.75) is 20.8 Å². The largest absolute Gasteiger partial charge is 0.354 e. The van der Waals surface area contributed by atoms with Crippen molar-refractivity contribution in [3.8, 4) is 0 Å². The van der Waals surface area contributed by atoms with Gasteiger partial charge in [0, 0.05) is 28.5 Å². The minimum absolute atomic E-state index is 0.644. The standard InChI is InChI=1S/C14H17BrN4/c1-4-16-14-17-8-10(3)13(19-14)18-12-6-5-11(15)7-9(12)2/h5-8H,4H2,1-3H3,(H2,16,17,18,19). The maximum absolute atomic E-state index is 4.48. The summed E-state index contributed by atoms with van der Waals surface area (Å²) in [6, 6.07) is 6.12. The van der Waals surface area contributed by atoms with Crippen LogP contribution < -0.4 is 10.6 Å². The normalized spacial score (nSPS) is 10.3. The maximum atomic E-state index is 4.48. The van der Waals surface area contributed by atoms with Crippen LogP contribution in [0, 0.1) is 13.8 Å². The number of halogens is 1. The van der Waals surface area contributed by atoms with Crippen molar-refractivity contribution in [1.29, 1.82) is 0 Å². The molecule has 1 aromatic heterocycles. The second-order valence-corrected chi connectivity index (χ2v) is 5.26. The highest BCUT2D eigenvalue weighted by atomic mass is 79.9. The number of hydrogen-bond acceptors (Lipinski definition) is 4. The number of benzene rings is 1. The van der Waals surface area contributed by atoms with Gasteiger partial charge in [-0.05, 0) is 44.5 Å². The van der Waals surface area contributed by atoms with E-state index in [0.29, 0.717) is 5.95 Å². The van der Waals surface area contributed by atoms with E-state index < -0.39 is 0 Å². The third kappa shape index (κ3) is 3.44. The van der Waals surface area contributed by atoms with Gasteiger partial charge in [0.05, 0.1) is 0 Å². The molecule has 100 valence electrons. The van der Waals surface area contributed by atoms with Crippen LogP contribution in [-0.4, -0.2) is 16.5 Å². The van der Waals surface area contributed by atoms with Gasteiger partial charge in [0.25, 0.3) is 0 Å². The lowest BCUT2D eigenvalue weighted by atomic mass is 10.2. The lowest BCUT2D eigenvalue weighted by Gasteiger charge is -2.12. The Hall–Kier alpha value is -1.62. The Morgan fingerprint density at radius 1 is 1.21 bits per heavy atom. The van der Waals surface area contributed by atoms with Crippen LogP contribution in [0.5, 0.6) is 0 Å². The van der Waals surface area contributed by atoms with Crippen LogP contribution in [-0.2, 0) is 0 Å². The summed E-state index contributed by atoms with van der Waals surface area (Å²) in [7, 11) is 0. The van der Waals surface area contributed by atoms with Crippen molar-refractivity contribution in [2.75, 3.05) is 17.2 Å². The molecule has 1 aromatic carbocycles. The zero-order valence-corrected chi connectivity index (χ0v) is 12.9. The number of nitrogens with one attached hydrogen (secondary N) is 2. The van der Waals surface area contributed by atoms with Gasteiger partial charge in [0.15, 0.2) is 0 Å². The Kier molecular flexibility index (Phi) is 4.37. The molecule has 0 aliphatic rings. The van der Waals surface area contributed by atoms with Crippen molar-refractivity contribution in [3.63, 3.8) is 0 Å². The van der Waals surface area contributed by atoms with Crippen molar-refractivity contribution < 1.29 is 0 Å². The molecule has 0 spiro atoms. The highest BCUT2D eigenvalue weighted by molar-refractivity contribution is 9.10. The summed E-state index contributed by atoms with van der Waals surface area (Å²) in [5.74, 6) is 1.47. The summed E-state index contributed by atoms with van der Waals surface area (Å²) in [5, 5.41) is 6.47. The van der Waals surface area contributed by atoms with Crippen LogP contribution in [0.2, 0.25) is 0 Å². The Bertz CT molecular complexity index is 584. The zero-order valence-electron chi connectivity index (χ0n) is 11.3. The number of rotatable bonds is 4. The number of hydrogen-bond donors (Lipinski definition) is 2. The van der Waals surface area contributed by atoms with Gasteiger partial charge < -0.3 is 10.6 Å². The predicted octanol–water partition coefficient (Wildman–Crippen LogP) is 4.03. The minimum atomic E-state index is 0.644. The Morgan fingerprint density at radius 2 is 2.00 bits per heavy atom. The van der Waals surface area contributed by atoms with E-state index in [1.54, 1.807) is 0 Å². The summed E-state index contributed by atoms with van der Waals surface area (Å²) in [6.07, 6.45) is 1.82. The quantitative estimate of drug-likeness (QED) is 0.892. The number of anilines is 3. The van der Waals surface area contributed by atoms with Crippen molar-refractivity contribution >= 4 is 33.4 Å². The lowest BCUT2D eigenvalue weighted by molar-refractivity contribution is 1.07. The second kappa shape index (κ2) is 6.02. The molecule has 0 radical (unpaired) electrons. The van der Waals surface area contributed by atoms with Crippen LogP contribution in [0.4, 0.5) is 17.5 Å². The number of aryl methyl sites for hydroxylation is 2. The average molecular weight is 321 g/mol. The van der Waals surface area contributed by atoms with Gasteiger partial charge >= 0.3 is 0 Å². The summed E-state index contributed by atoms with van der Waals surface area (Å²) in [5.41, 5.74) is 3.23. The molecule has 5 heteroatoms. The summed E-state index contributed by atoms with van der Waals surface area (Å²) < 4.78 is 1.07. The third-order valence-corrected chi connectivity index (χ3v) is 3.24. The topological polar surface area (TPSA) is 49.8 Å². The van der Waals surface area contributed by atoms with E-state index in [1.165, 1.54) is 0 Å². The molecule has 0 aliphatic heterocycles. The molecule has 1 heterocycles. The monoisotopic (exact) mass is 320 g/mol. The highest BCUT2D eigenvalue weighted by Crippen LogP contribution is 2.24. The molecule has 0 unspecified atom stereocenters. The van der Waals surface area contributed by atoms with Crippen molar-refractivity contribution in [3.05, 3.63) is 40.0 Å². The Labute approximate surface area is 121 Å². The lowest BCUT2D eigenvalue weighted by Crippen LogP contribution is -2.05. The van der Waals surface area contributed by atoms with E-state index in [2.05, 4.69) is 49.5 Å². The molecule has 0 aliphatic carbocycles. The van der Waals surface area contributed by atoms with Crippen LogP contribution in [0.25, 0.3) is 0 Å². The average Bonchev–Trinajstić information content (AvgIpc) is 2.37. The Morgan fingerprint density at radius 3 is 2.68 bits per heavy atom. The second-order valence-electron chi connectivity index (χ2n) is 4.34. The van der Waals surface area contributed by atoms with Gasteiger partial charge in [-0.3, -0.25) is 0 Å². The summed E-state index contributed by atoms with van der Waals surface area (Å²) >= 11 is 3.46. The van der Waals surface area contributed by atoms with E-state index in [1.807, 2.05) is 32.2 Å². The van der Waals surface area contributed by atoms with Crippen molar-refractivity contribution in [1.82, 2.24) is 9.97 Å².